The number of aromatic nitrogens is 1. The first-order valence-corrected chi connectivity index (χ1v) is 7.57. The average Bonchev–Trinajstić information content (AvgIpc) is 2.72. The van der Waals surface area contributed by atoms with Crippen LogP contribution < -0.4 is 0 Å². The van der Waals surface area contributed by atoms with E-state index in [1.807, 2.05) is 4.90 Å². The average molecular weight is 291 g/mol. The van der Waals surface area contributed by atoms with Crippen molar-refractivity contribution in [1.29, 1.82) is 0 Å². The molecule has 106 valence electrons. The van der Waals surface area contributed by atoms with Gasteiger partial charge in [-0.05, 0) is 31.5 Å². The molecule has 0 spiro atoms. The summed E-state index contributed by atoms with van der Waals surface area (Å²) in [4.78, 5) is 13.9. The Morgan fingerprint density at radius 2 is 2.15 bits per heavy atom. The first kappa shape index (κ1) is 13.5. The third-order valence-electron chi connectivity index (χ3n) is 4.20. The molecule has 0 bridgehead atoms. The van der Waals surface area contributed by atoms with Gasteiger partial charge in [-0.3, -0.25) is 4.79 Å². The number of amides is 1. The van der Waals surface area contributed by atoms with Crippen LogP contribution in [-0.4, -0.2) is 27.8 Å². The standard InChI is InChI=1S/C16H19ClN2O/c1-11-3-4-15-13(9-11)12(2)14-6-8-18(10-19(14)15)16(20)5-7-17/h3-4,9H,5-8,10H2,1-2H3. The Morgan fingerprint density at radius 3 is 2.90 bits per heavy atom. The number of nitrogens with zero attached hydrogens (tertiary/aromatic N) is 2. The predicted molar refractivity (Wildman–Crippen MR) is 82.2 cm³/mol. The van der Waals surface area contributed by atoms with Crippen LogP contribution in [0.25, 0.3) is 10.9 Å². The van der Waals surface area contributed by atoms with E-state index < -0.39 is 0 Å². The molecule has 0 N–H and O–H groups in total. The van der Waals surface area contributed by atoms with Gasteiger partial charge in [-0.15, -0.1) is 11.6 Å². The van der Waals surface area contributed by atoms with Gasteiger partial charge in [0.15, 0.2) is 0 Å². The van der Waals surface area contributed by atoms with Crippen molar-refractivity contribution >= 4 is 28.4 Å². The number of benzene rings is 1. The molecule has 1 aliphatic heterocycles. The van der Waals surface area contributed by atoms with Crippen molar-refractivity contribution in [3.8, 4) is 0 Å². The molecule has 20 heavy (non-hydrogen) atoms. The van der Waals surface area contributed by atoms with Gasteiger partial charge in [-0.25, -0.2) is 0 Å². The highest BCUT2D eigenvalue weighted by Crippen LogP contribution is 2.29. The summed E-state index contributed by atoms with van der Waals surface area (Å²) in [5.74, 6) is 0.546. The van der Waals surface area contributed by atoms with E-state index in [4.69, 9.17) is 11.6 Å². The zero-order valence-electron chi connectivity index (χ0n) is 11.9. The molecule has 0 radical (unpaired) electrons. The summed E-state index contributed by atoms with van der Waals surface area (Å²) in [5, 5.41) is 1.31. The molecule has 0 atom stereocenters. The monoisotopic (exact) mass is 290 g/mol. The summed E-state index contributed by atoms with van der Waals surface area (Å²) >= 11 is 5.68. The Morgan fingerprint density at radius 1 is 1.35 bits per heavy atom. The summed E-state index contributed by atoms with van der Waals surface area (Å²) in [6.07, 6.45) is 1.35. The summed E-state index contributed by atoms with van der Waals surface area (Å²) in [6.45, 7) is 5.75. The first-order valence-electron chi connectivity index (χ1n) is 7.04. The molecule has 1 amide bonds. The number of aryl methyl sites for hydroxylation is 2. The molecule has 0 saturated heterocycles. The number of rotatable bonds is 2. The SMILES string of the molecule is Cc1ccc2c(c1)c(C)c1n2CN(C(=O)CCCl)CC1. The molecule has 0 saturated carbocycles. The summed E-state index contributed by atoms with van der Waals surface area (Å²) in [7, 11) is 0. The predicted octanol–water partition coefficient (Wildman–Crippen LogP) is 3.23. The fourth-order valence-corrected chi connectivity index (χ4v) is 3.26. The van der Waals surface area contributed by atoms with Crippen molar-refractivity contribution in [2.75, 3.05) is 12.4 Å². The van der Waals surface area contributed by atoms with Gasteiger partial charge >= 0.3 is 0 Å². The highest BCUT2D eigenvalue weighted by Gasteiger charge is 2.23. The van der Waals surface area contributed by atoms with Gasteiger partial charge < -0.3 is 9.47 Å². The zero-order chi connectivity index (χ0) is 14.3. The zero-order valence-corrected chi connectivity index (χ0v) is 12.7. The molecule has 1 aliphatic rings. The molecule has 2 aromatic rings. The molecule has 4 heteroatoms. The minimum Gasteiger partial charge on any atom is -0.326 e. The van der Waals surface area contributed by atoms with Crippen molar-refractivity contribution in [2.24, 2.45) is 0 Å². The largest absolute Gasteiger partial charge is 0.326 e. The van der Waals surface area contributed by atoms with Crippen LogP contribution in [0.2, 0.25) is 0 Å². The van der Waals surface area contributed by atoms with Crippen LogP contribution >= 0.6 is 11.6 Å². The van der Waals surface area contributed by atoms with E-state index in [0.717, 1.165) is 13.0 Å². The van der Waals surface area contributed by atoms with Crippen molar-refractivity contribution in [3.05, 3.63) is 35.0 Å². The van der Waals surface area contributed by atoms with E-state index in [1.54, 1.807) is 0 Å². The van der Waals surface area contributed by atoms with E-state index >= 15 is 0 Å². The van der Waals surface area contributed by atoms with Crippen molar-refractivity contribution in [1.82, 2.24) is 9.47 Å². The van der Waals surface area contributed by atoms with Gasteiger partial charge in [-0.1, -0.05) is 11.6 Å². The lowest BCUT2D eigenvalue weighted by atomic mass is 10.1. The van der Waals surface area contributed by atoms with Gasteiger partial charge in [0.05, 0.1) is 12.2 Å². The maximum absolute atomic E-state index is 12.0. The minimum atomic E-state index is 0.150. The van der Waals surface area contributed by atoms with E-state index in [-0.39, 0.29) is 5.91 Å². The maximum Gasteiger partial charge on any atom is 0.225 e. The number of carbonyl (C=O) groups is 1. The maximum atomic E-state index is 12.0. The highest BCUT2D eigenvalue weighted by molar-refractivity contribution is 6.18. The minimum absolute atomic E-state index is 0.150. The van der Waals surface area contributed by atoms with Crippen molar-refractivity contribution in [2.45, 2.75) is 33.4 Å². The third kappa shape index (κ3) is 2.10. The van der Waals surface area contributed by atoms with Gasteiger partial charge in [0.25, 0.3) is 0 Å². The van der Waals surface area contributed by atoms with Crippen molar-refractivity contribution < 1.29 is 4.79 Å². The molecule has 0 aliphatic carbocycles. The Balaban J connectivity index is 2.03. The quantitative estimate of drug-likeness (QED) is 0.780. The van der Waals surface area contributed by atoms with Crippen LogP contribution in [0.5, 0.6) is 0 Å². The van der Waals surface area contributed by atoms with E-state index in [2.05, 4.69) is 36.6 Å². The van der Waals surface area contributed by atoms with Gasteiger partial charge in [0.2, 0.25) is 5.91 Å². The van der Waals surface area contributed by atoms with Gasteiger partial charge in [0.1, 0.15) is 0 Å². The van der Waals surface area contributed by atoms with Gasteiger partial charge in [-0.2, -0.15) is 0 Å². The fourth-order valence-electron chi connectivity index (χ4n) is 3.10. The normalized spacial score (nSPS) is 14.7. The summed E-state index contributed by atoms with van der Waals surface area (Å²) < 4.78 is 2.28. The molecular formula is C16H19ClN2O. The number of fused-ring (bicyclic) bond motifs is 3. The van der Waals surface area contributed by atoms with Crippen molar-refractivity contribution in [3.63, 3.8) is 0 Å². The van der Waals surface area contributed by atoms with E-state index in [1.165, 1.54) is 27.7 Å². The topological polar surface area (TPSA) is 25.2 Å². The lowest BCUT2D eigenvalue weighted by Gasteiger charge is -2.29. The van der Waals surface area contributed by atoms with Crippen LogP contribution in [0.1, 0.15) is 23.2 Å². The Hall–Kier alpha value is -1.48. The van der Waals surface area contributed by atoms with Crippen LogP contribution in [0.3, 0.4) is 0 Å². The molecule has 3 nitrogen and oxygen atoms in total. The second kappa shape index (κ2) is 5.13. The second-order valence-electron chi connectivity index (χ2n) is 5.51. The number of halogens is 1. The molecule has 0 fully saturated rings. The molecule has 2 heterocycles. The Bertz CT molecular complexity index is 675. The highest BCUT2D eigenvalue weighted by atomic mass is 35.5. The van der Waals surface area contributed by atoms with Crippen LogP contribution in [0.15, 0.2) is 18.2 Å². The first-order chi connectivity index (χ1) is 9.61. The number of carbonyl (C=O) groups excluding carboxylic acids is 1. The van der Waals surface area contributed by atoms with Crippen LogP contribution in [0.4, 0.5) is 0 Å². The molecule has 0 unspecified atom stereocenters. The number of hydrogen-bond donors (Lipinski definition) is 0. The van der Waals surface area contributed by atoms with E-state index in [0.29, 0.717) is 19.0 Å². The molecule has 1 aromatic carbocycles. The summed E-state index contributed by atoms with van der Waals surface area (Å²) in [6, 6.07) is 6.53. The van der Waals surface area contributed by atoms with Crippen LogP contribution in [0, 0.1) is 13.8 Å². The van der Waals surface area contributed by atoms with Gasteiger partial charge in [0, 0.05) is 36.3 Å². The third-order valence-corrected chi connectivity index (χ3v) is 4.39. The Kier molecular flexibility index (Phi) is 3.47. The summed E-state index contributed by atoms with van der Waals surface area (Å²) in [5.41, 5.74) is 5.22. The number of alkyl halides is 1. The lowest BCUT2D eigenvalue weighted by molar-refractivity contribution is -0.133. The second-order valence-corrected chi connectivity index (χ2v) is 5.89. The lowest BCUT2D eigenvalue weighted by Crippen LogP contribution is -2.39. The Labute approximate surface area is 124 Å². The number of hydrogen-bond acceptors (Lipinski definition) is 1. The van der Waals surface area contributed by atoms with Crippen LogP contribution in [-0.2, 0) is 17.9 Å². The smallest absolute Gasteiger partial charge is 0.225 e. The molecule has 3 rings (SSSR count). The van der Waals surface area contributed by atoms with E-state index in [9.17, 15) is 4.79 Å². The molecular weight excluding hydrogens is 272 g/mol. The fraction of sp³-hybridized carbons (Fsp3) is 0.438. The molecule has 1 aromatic heterocycles.